The van der Waals surface area contributed by atoms with Crippen LogP contribution >= 0.6 is 12.4 Å². The molecule has 0 bridgehead atoms. The Balaban J connectivity index is 0.00000225. The fourth-order valence-corrected chi connectivity index (χ4v) is 1.86. The summed E-state index contributed by atoms with van der Waals surface area (Å²) in [6.07, 6.45) is 0.732. The zero-order valence-electron chi connectivity index (χ0n) is 9.52. The summed E-state index contributed by atoms with van der Waals surface area (Å²) in [5, 5.41) is 3.17. The molecule has 0 radical (unpaired) electrons. The Morgan fingerprint density at radius 3 is 1.75 bits per heavy atom. The van der Waals surface area contributed by atoms with Crippen LogP contribution in [0.5, 0.6) is 0 Å². The van der Waals surface area contributed by atoms with Crippen LogP contribution in [0.2, 0.25) is 0 Å². The maximum Gasteiger partial charge on any atom is 0.305 e. The third kappa shape index (κ3) is 4.37. The molecule has 1 saturated heterocycles. The summed E-state index contributed by atoms with van der Waals surface area (Å²) in [5.41, 5.74) is 0. The molecule has 1 N–H and O–H groups in total. The lowest BCUT2D eigenvalue weighted by Crippen LogP contribution is -2.20. The van der Waals surface area contributed by atoms with Crippen LogP contribution in [0.3, 0.4) is 0 Å². The number of esters is 2. The predicted molar refractivity (Wildman–Crippen MR) is 60.4 cm³/mol. The van der Waals surface area contributed by atoms with Gasteiger partial charge in [0.1, 0.15) is 0 Å². The van der Waals surface area contributed by atoms with Crippen LogP contribution in [0, 0.1) is 11.8 Å². The Hall–Kier alpha value is -0.810. The van der Waals surface area contributed by atoms with Crippen molar-refractivity contribution in [1.29, 1.82) is 0 Å². The van der Waals surface area contributed by atoms with Gasteiger partial charge in [-0.1, -0.05) is 0 Å². The SMILES string of the molecule is COC(=O)CC1CNCC1CC(=O)OC.Cl. The van der Waals surface area contributed by atoms with E-state index in [1.165, 1.54) is 14.2 Å². The van der Waals surface area contributed by atoms with Crippen molar-refractivity contribution in [2.45, 2.75) is 12.8 Å². The lowest BCUT2D eigenvalue weighted by molar-refractivity contribution is -0.144. The quantitative estimate of drug-likeness (QED) is 0.732. The monoisotopic (exact) mass is 251 g/mol. The maximum atomic E-state index is 11.1. The standard InChI is InChI=1S/C10H17NO4.ClH/c1-14-9(12)3-7-5-11-6-8(7)4-10(13)15-2;/h7-8,11H,3-6H2,1-2H3;1H. The summed E-state index contributed by atoms with van der Waals surface area (Å²) in [7, 11) is 2.75. The van der Waals surface area contributed by atoms with E-state index in [1.54, 1.807) is 0 Å². The Kier molecular flexibility index (Phi) is 7.08. The van der Waals surface area contributed by atoms with Gasteiger partial charge in [-0.15, -0.1) is 12.4 Å². The molecule has 1 rings (SSSR count). The molecule has 1 aliphatic rings. The molecule has 1 aliphatic heterocycles. The molecule has 0 aliphatic carbocycles. The van der Waals surface area contributed by atoms with Crippen LogP contribution in [0.1, 0.15) is 12.8 Å². The minimum absolute atomic E-state index is 0. The summed E-state index contributed by atoms with van der Waals surface area (Å²) < 4.78 is 9.22. The number of hydrogen-bond acceptors (Lipinski definition) is 5. The summed E-state index contributed by atoms with van der Waals surface area (Å²) in [4.78, 5) is 22.2. The van der Waals surface area contributed by atoms with E-state index in [0.29, 0.717) is 12.8 Å². The average Bonchev–Trinajstić information content (AvgIpc) is 2.65. The number of carbonyl (C=O) groups is 2. The van der Waals surface area contributed by atoms with Gasteiger partial charge in [0.25, 0.3) is 0 Å². The van der Waals surface area contributed by atoms with Crippen molar-refractivity contribution in [3.63, 3.8) is 0 Å². The maximum absolute atomic E-state index is 11.1. The third-order valence-corrected chi connectivity index (χ3v) is 2.79. The number of carbonyl (C=O) groups excluding carboxylic acids is 2. The molecule has 0 aromatic heterocycles. The fourth-order valence-electron chi connectivity index (χ4n) is 1.86. The molecule has 0 spiro atoms. The van der Waals surface area contributed by atoms with Gasteiger partial charge in [-0.25, -0.2) is 0 Å². The van der Waals surface area contributed by atoms with Gasteiger partial charge in [-0.05, 0) is 24.9 Å². The highest BCUT2D eigenvalue weighted by molar-refractivity contribution is 5.85. The van der Waals surface area contributed by atoms with E-state index in [4.69, 9.17) is 0 Å². The van der Waals surface area contributed by atoms with E-state index in [2.05, 4.69) is 14.8 Å². The highest BCUT2D eigenvalue weighted by Gasteiger charge is 2.31. The Morgan fingerprint density at radius 2 is 1.44 bits per heavy atom. The molecule has 0 amide bonds. The average molecular weight is 252 g/mol. The second-order valence-corrected chi connectivity index (χ2v) is 3.74. The highest BCUT2D eigenvalue weighted by atomic mass is 35.5. The van der Waals surface area contributed by atoms with Crippen LogP contribution in [0.25, 0.3) is 0 Å². The number of methoxy groups -OCH3 is 2. The smallest absolute Gasteiger partial charge is 0.305 e. The lowest BCUT2D eigenvalue weighted by Gasteiger charge is -2.15. The van der Waals surface area contributed by atoms with Gasteiger partial charge in [0.05, 0.1) is 14.2 Å². The molecular formula is C10H18ClNO4. The van der Waals surface area contributed by atoms with E-state index in [0.717, 1.165) is 13.1 Å². The number of ether oxygens (including phenoxy) is 2. The molecular weight excluding hydrogens is 234 g/mol. The second-order valence-electron chi connectivity index (χ2n) is 3.74. The molecule has 0 saturated carbocycles. The first-order chi connectivity index (χ1) is 7.17. The molecule has 2 unspecified atom stereocenters. The molecule has 6 heteroatoms. The number of nitrogens with one attached hydrogen (secondary N) is 1. The summed E-state index contributed by atoms with van der Waals surface area (Å²) in [6.45, 7) is 1.52. The summed E-state index contributed by atoms with van der Waals surface area (Å²) >= 11 is 0. The largest absolute Gasteiger partial charge is 0.469 e. The molecule has 0 aromatic rings. The molecule has 0 aromatic carbocycles. The van der Waals surface area contributed by atoms with Crippen molar-refractivity contribution in [3.05, 3.63) is 0 Å². The zero-order valence-corrected chi connectivity index (χ0v) is 10.3. The van der Waals surface area contributed by atoms with Crippen LogP contribution in [-0.2, 0) is 19.1 Å². The normalized spacial score (nSPS) is 23.4. The van der Waals surface area contributed by atoms with Gasteiger partial charge in [0.15, 0.2) is 0 Å². The summed E-state index contributed by atoms with van der Waals surface area (Å²) in [5.74, 6) is -0.0924. The van der Waals surface area contributed by atoms with Crippen molar-refractivity contribution in [2.24, 2.45) is 11.8 Å². The van der Waals surface area contributed by atoms with Crippen molar-refractivity contribution >= 4 is 24.3 Å². The Bertz CT molecular complexity index is 223. The Labute approximate surface area is 101 Å². The van der Waals surface area contributed by atoms with Gasteiger partial charge < -0.3 is 14.8 Å². The molecule has 94 valence electrons. The van der Waals surface area contributed by atoms with Gasteiger partial charge in [0.2, 0.25) is 0 Å². The number of rotatable bonds is 4. The minimum Gasteiger partial charge on any atom is -0.469 e. The van der Waals surface area contributed by atoms with Crippen LogP contribution in [0.4, 0.5) is 0 Å². The van der Waals surface area contributed by atoms with Gasteiger partial charge >= 0.3 is 11.9 Å². The first kappa shape index (κ1) is 15.2. The van der Waals surface area contributed by atoms with Crippen molar-refractivity contribution < 1.29 is 19.1 Å². The van der Waals surface area contributed by atoms with Crippen LogP contribution in [-0.4, -0.2) is 39.2 Å². The first-order valence-corrected chi connectivity index (χ1v) is 5.01. The molecule has 1 fully saturated rings. The Morgan fingerprint density at radius 1 is 1.06 bits per heavy atom. The van der Waals surface area contributed by atoms with Crippen molar-refractivity contribution in [2.75, 3.05) is 27.3 Å². The number of hydrogen-bond donors (Lipinski definition) is 1. The van der Waals surface area contributed by atoms with Crippen LogP contribution in [0.15, 0.2) is 0 Å². The van der Waals surface area contributed by atoms with E-state index in [1.807, 2.05) is 0 Å². The fraction of sp³-hybridized carbons (Fsp3) is 0.800. The lowest BCUT2D eigenvalue weighted by atomic mass is 9.90. The predicted octanol–water partition coefficient (Wildman–Crippen LogP) is 0.370. The second kappa shape index (κ2) is 7.46. The van der Waals surface area contributed by atoms with Crippen LogP contribution < -0.4 is 5.32 Å². The molecule has 2 atom stereocenters. The minimum atomic E-state index is -0.224. The van der Waals surface area contributed by atoms with Gasteiger partial charge in [-0.3, -0.25) is 9.59 Å². The topological polar surface area (TPSA) is 64.6 Å². The number of halogens is 1. The third-order valence-electron chi connectivity index (χ3n) is 2.79. The molecule has 16 heavy (non-hydrogen) atoms. The molecule has 5 nitrogen and oxygen atoms in total. The van der Waals surface area contributed by atoms with Gasteiger partial charge in [-0.2, -0.15) is 0 Å². The van der Waals surface area contributed by atoms with Crippen molar-refractivity contribution in [1.82, 2.24) is 5.32 Å². The van der Waals surface area contributed by atoms with E-state index in [-0.39, 0.29) is 36.2 Å². The molecule has 1 heterocycles. The van der Waals surface area contributed by atoms with E-state index in [9.17, 15) is 9.59 Å². The van der Waals surface area contributed by atoms with E-state index >= 15 is 0 Å². The highest BCUT2D eigenvalue weighted by Crippen LogP contribution is 2.24. The van der Waals surface area contributed by atoms with E-state index < -0.39 is 0 Å². The van der Waals surface area contributed by atoms with Crippen molar-refractivity contribution in [3.8, 4) is 0 Å². The van der Waals surface area contributed by atoms with Gasteiger partial charge in [0, 0.05) is 12.8 Å². The first-order valence-electron chi connectivity index (χ1n) is 5.01. The zero-order chi connectivity index (χ0) is 11.3. The summed E-state index contributed by atoms with van der Waals surface area (Å²) in [6, 6.07) is 0.